The molecule has 2 aromatic rings. The van der Waals surface area contributed by atoms with Gasteiger partial charge >= 0.3 is 0 Å². The molecule has 7 heteroatoms. The second-order valence-corrected chi connectivity index (χ2v) is 5.64. The van der Waals surface area contributed by atoms with Crippen molar-refractivity contribution in [3.8, 4) is 0 Å². The summed E-state index contributed by atoms with van der Waals surface area (Å²) in [5.74, 6) is 0. The molecule has 0 unspecified atom stereocenters. The van der Waals surface area contributed by atoms with Gasteiger partial charge in [-0.2, -0.15) is 0 Å². The van der Waals surface area contributed by atoms with Crippen molar-refractivity contribution in [1.29, 1.82) is 0 Å². The Morgan fingerprint density at radius 2 is 1.70 bits per heavy atom. The number of nitro groups is 1. The zero-order valence-electron chi connectivity index (χ0n) is 12.8. The molecule has 0 amide bonds. The summed E-state index contributed by atoms with van der Waals surface area (Å²) in [6.07, 6.45) is 2.07. The van der Waals surface area contributed by atoms with Crippen LogP contribution in [0.15, 0.2) is 53.4 Å². The number of non-ortho nitro benzene ring substituents is 1. The van der Waals surface area contributed by atoms with E-state index >= 15 is 0 Å². The molecular weight excluding hydrogens is 334 g/mol. The van der Waals surface area contributed by atoms with Gasteiger partial charge in [0.15, 0.2) is 0 Å². The summed E-state index contributed by atoms with van der Waals surface area (Å²) < 4.78 is 0. The lowest BCUT2D eigenvalue weighted by molar-refractivity contribution is -0.384. The van der Waals surface area contributed by atoms with Crippen molar-refractivity contribution < 1.29 is 4.92 Å². The smallest absolute Gasteiger partial charge is 0.269 e. The normalized spacial score (nSPS) is 9.96. The van der Waals surface area contributed by atoms with Crippen LogP contribution in [0.1, 0.15) is 5.56 Å². The van der Waals surface area contributed by atoms with E-state index in [2.05, 4.69) is 41.2 Å². The van der Waals surface area contributed by atoms with E-state index in [1.54, 1.807) is 23.9 Å². The topological polar surface area (TPSA) is 67.2 Å². The average molecular weight is 354 g/mol. The van der Waals surface area contributed by atoms with E-state index in [1.807, 2.05) is 0 Å². The average Bonchev–Trinajstić information content (AvgIpc) is 2.55. The van der Waals surface area contributed by atoms with Crippen LogP contribution < -0.4 is 10.6 Å². The van der Waals surface area contributed by atoms with Crippen LogP contribution in [0, 0.1) is 10.1 Å². The molecule has 0 bridgehead atoms. The molecule has 0 heterocycles. The third-order valence-electron chi connectivity index (χ3n) is 3.20. The third kappa shape index (κ3) is 6.48. The highest BCUT2D eigenvalue weighted by atomic mass is 35.5. The number of thioether (sulfide) groups is 1. The molecule has 0 fully saturated rings. The van der Waals surface area contributed by atoms with E-state index in [0.29, 0.717) is 0 Å². The minimum absolute atomic E-state index is 0. The fraction of sp³-hybridized carbons (Fsp3) is 0.250. The first-order valence-electron chi connectivity index (χ1n) is 7.01. The van der Waals surface area contributed by atoms with Gasteiger partial charge < -0.3 is 10.6 Å². The number of nitrogens with zero attached hydrogens (tertiary/aromatic N) is 1. The molecule has 2 aromatic carbocycles. The van der Waals surface area contributed by atoms with Crippen molar-refractivity contribution in [1.82, 2.24) is 5.32 Å². The fourth-order valence-corrected chi connectivity index (χ4v) is 2.38. The Morgan fingerprint density at radius 1 is 1.04 bits per heavy atom. The lowest BCUT2D eigenvalue weighted by atomic mass is 10.2. The molecule has 0 aliphatic rings. The Bertz CT molecular complexity index is 606. The first kappa shape index (κ1) is 19.3. The van der Waals surface area contributed by atoms with Gasteiger partial charge in [-0.1, -0.05) is 12.1 Å². The molecule has 5 nitrogen and oxygen atoms in total. The highest BCUT2D eigenvalue weighted by molar-refractivity contribution is 7.98. The van der Waals surface area contributed by atoms with Crippen LogP contribution in [-0.4, -0.2) is 24.3 Å². The standard InChI is InChI=1S/C16H19N3O2S.ClH/c1-22-16-8-2-13(3-9-16)12-17-10-11-18-14-4-6-15(7-5-14)19(20)21;/h2-9,17-18H,10-12H2,1H3;1H. The zero-order valence-corrected chi connectivity index (χ0v) is 14.5. The molecule has 0 saturated carbocycles. The van der Waals surface area contributed by atoms with Gasteiger partial charge in [0.05, 0.1) is 4.92 Å². The summed E-state index contributed by atoms with van der Waals surface area (Å²) in [4.78, 5) is 11.4. The molecule has 2 rings (SSSR count). The molecular formula is C16H20ClN3O2S. The molecule has 23 heavy (non-hydrogen) atoms. The highest BCUT2D eigenvalue weighted by Gasteiger charge is 2.03. The summed E-state index contributed by atoms with van der Waals surface area (Å²) in [5.41, 5.74) is 2.25. The van der Waals surface area contributed by atoms with Crippen LogP contribution in [0.3, 0.4) is 0 Å². The van der Waals surface area contributed by atoms with Crippen LogP contribution >= 0.6 is 24.2 Å². The third-order valence-corrected chi connectivity index (χ3v) is 3.94. The molecule has 2 N–H and O–H groups in total. The van der Waals surface area contributed by atoms with Crippen molar-refractivity contribution in [2.24, 2.45) is 0 Å². The van der Waals surface area contributed by atoms with Crippen LogP contribution in [0.4, 0.5) is 11.4 Å². The van der Waals surface area contributed by atoms with Gasteiger partial charge in [-0.15, -0.1) is 24.2 Å². The number of hydrogen-bond donors (Lipinski definition) is 2. The minimum atomic E-state index is -0.395. The molecule has 0 aliphatic heterocycles. The number of benzene rings is 2. The van der Waals surface area contributed by atoms with E-state index in [-0.39, 0.29) is 18.1 Å². The molecule has 0 saturated heterocycles. The Labute approximate surface area is 146 Å². The molecule has 0 atom stereocenters. The number of nitro benzene ring substituents is 1. The monoisotopic (exact) mass is 353 g/mol. The highest BCUT2D eigenvalue weighted by Crippen LogP contribution is 2.15. The van der Waals surface area contributed by atoms with Crippen molar-refractivity contribution in [3.05, 3.63) is 64.2 Å². The van der Waals surface area contributed by atoms with Crippen molar-refractivity contribution in [2.45, 2.75) is 11.4 Å². The summed E-state index contributed by atoms with van der Waals surface area (Å²) in [6, 6.07) is 14.9. The zero-order chi connectivity index (χ0) is 15.8. The maximum atomic E-state index is 10.6. The number of hydrogen-bond acceptors (Lipinski definition) is 5. The SMILES string of the molecule is CSc1ccc(CNCCNc2ccc([N+](=O)[O-])cc2)cc1.Cl. The Morgan fingerprint density at radius 3 is 2.26 bits per heavy atom. The van der Waals surface area contributed by atoms with Crippen LogP contribution in [-0.2, 0) is 6.54 Å². The molecule has 0 aliphatic carbocycles. The van der Waals surface area contributed by atoms with E-state index in [9.17, 15) is 10.1 Å². The lowest BCUT2D eigenvalue weighted by Crippen LogP contribution is -2.21. The minimum Gasteiger partial charge on any atom is -0.384 e. The fourth-order valence-electron chi connectivity index (χ4n) is 1.97. The van der Waals surface area contributed by atoms with Gasteiger partial charge in [0.1, 0.15) is 0 Å². The van der Waals surface area contributed by atoms with Crippen LogP contribution in [0.5, 0.6) is 0 Å². The summed E-state index contributed by atoms with van der Waals surface area (Å²) in [5, 5.41) is 17.1. The lowest BCUT2D eigenvalue weighted by Gasteiger charge is -2.08. The van der Waals surface area contributed by atoms with E-state index in [4.69, 9.17) is 0 Å². The molecule has 0 spiro atoms. The largest absolute Gasteiger partial charge is 0.384 e. The number of rotatable bonds is 8. The number of nitrogens with one attached hydrogen (secondary N) is 2. The number of anilines is 1. The predicted molar refractivity (Wildman–Crippen MR) is 98.8 cm³/mol. The van der Waals surface area contributed by atoms with Gasteiger partial charge in [-0.25, -0.2) is 0 Å². The Kier molecular flexibility index (Phi) is 8.47. The van der Waals surface area contributed by atoms with E-state index in [0.717, 1.165) is 25.3 Å². The second-order valence-electron chi connectivity index (χ2n) is 4.76. The van der Waals surface area contributed by atoms with Crippen molar-refractivity contribution >= 4 is 35.5 Å². The van der Waals surface area contributed by atoms with Gasteiger partial charge in [-0.05, 0) is 36.1 Å². The van der Waals surface area contributed by atoms with E-state index in [1.165, 1.54) is 22.6 Å². The first-order valence-corrected chi connectivity index (χ1v) is 8.23. The van der Waals surface area contributed by atoms with Crippen LogP contribution in [0.25, 0.3) is 0 Å². The quantitative estimate of drug-likeness (QED) is 0.325. The molecule has 0 aromatic heterocycles. The summed E-state index contributed by atoms with van der Waals surface area (Å²) in [6.45, 7) is 2.42. The van der Waals surface area contributed by atoms with Crippen molar-refractivity contribution in [2.75, 3.05) is 24.7 Å². The first-order chi connectivity index (χ1) is 10.7. The maximum absolute atomic E-state index is 10.6. The van der Waals surface area contributed by atoms with Crippen molar-refractivity contribution in [3.63, 3.8) is 0 Å². The Hall–Kier alpha value is -1.76. The van der Waals surface area contributed by atoms with Gasteiger partial charge in [-0.3, -0.25) is 10.1 Å². The van der Waals surface area contributed by atoms with E-state index < -0.39 is 4.92 Å². The van der Waals surface area contributed by atoms with Gasteiger partial charge in [0, 0.05) is 42.3 Å². The van der Waals surface area contributed by atoms with Gasteiger partial charge in [0.2, 0.25) is 0 Å². The maximum Gasteiger partial charge on any atom is 0.269 e. The predicted octanol–water partition coefficient (Wildman–Crippen LogP) is 3.94. The van der Waals surface area contributed by atoms with Crippen LogP contribution in [0.2, 0.25) is 0 Å². The van der Waals surface area contributed by atoms with Gasteiger partial charge in [0.25, 0.3) is 5.69 Å². The summed E-state index contributed by atoms with van der Waals surface area (Å²) in [7, 11) is 0. The number of halogens is 1. The Balaban J connectivity index is 0.00000264. The molecule has 0 radical (unpaired) electrons. The summed E-state index contributed by atoms with van der Waals surface area (Å²) >= 11 is 1.74. The molecule has 124 valence electrons. The second kappa shape index (κ2) is 10.1.